The van der Waals surface area contributed by atoms with E-state index in [0.29, 0.717) is 0 Å². The molecule has 0 aromatic carbocycles. The van der Waals surface area contributed by atoms with Gasteiger partial charge in [0.05, 0.1) is 5.92 Å². The number of hydrogen-bond donors (Lipinski definition) is 1. The number of rotatable bonds is 6. The predicted molar refractivity (Wildman–Crippen MR) is 118 cm³/mol. The fraction of sp³-hybridized carbons (Fsp3) is 0.609. The van der Waals surface area contributed by atoms with Crippen LogP contribution >= 0.6 is 0 Å². The van der Waals surface area contributed by atoms with Gasteiger partial charge in [-0.25, -0.2) is 19.3 Å². The SMILES string of the molecule is CC(C)C(OC(=O)N1CCN(C(=O)N2C(=O)[C@H](Cc3cccnc3)[C@H]2C(=O)O)CC1)C(C)C. The van der Waals surface area contributed by atoms with Crippen molar-refractivity contribution in [3.05, 3.63) is 30.1 Å². The van der Waals surface area contributed by atoms with Gasteiger partial charge in [0.15, 0.2) is 6.04 Å². The molecule has 2 fully saturated rings. The standard InChI is InChI=1S/C23H32N4O6/c1-14(2)19(15(3)4)33-23(32)26-10-8-25(9-11-26)22(31)27-18(21(29)30)17(20(27)28)12-16-6-5-7-24-13-16/h5-7,13-15,17-19H,8-12H2,1-4H3,(H,29,30)/t17-,18+/m1/s1. The van der Waals surface area contributed by atoms with Crippen molar-refractivity contribution in [2.75, 3.05) is 26.2 Å². The first-order chi connectivity index (χ1) is 15.6. The van der Waals surface area contributed by atoms with Crippen LogP contribution in [0.2, 0.25) is 0 Å². The van der Waals surface area contributed by atoms with Gasteiger partial charge in [0.25, 0.3) is 0 Å². The van der Waals surface area contributed by atoms with Crippen LogP contribution in [0.1, 0.15) is 33.3 Å². The van der Waals surface area contributed by atoms with Crippen molar-refractivity contribution in [2.24, 2.45) is 17.8 Å². The Labute approximate surface area is 193 Å². The molecule has 33 heavy (non-hydrogen) atoms. The van der Waals surface area contributed by atoms with Gasteiger partial charge in [-0.2, -0.15) is 0 Å². The first-order valence-electron chi connectivity index (χ1n) is 11.3. The van der Waals surface area contributed by atoms with E-state index < -0.39 is 36.0 Å². The van der Waals surface area contributed by atoms with Crippen molar-refractivity contribution in [2.45, 2.75) is 46.3 Å². The van der Waals surface area contributed by atoms with Crippen LogP contribution < -0.4 is 0 Å². The topological polar surface area (TPSA) is 120 Å². The normalized spacial score (nSPS) is 20.9. The maximum atomic E-state index is 13.0. The Morgan fingerprint density at radius 1 is 1.09 bits per heavy atom. The molecule has 3 rings (SSSR count). The van der Waals surface area contributed by atoms with Crippen LogP contribution in [0.5, 0.6) is 0 Å². The summed E-state index contributed by atoms with van der Waals surface area (Å²) in [5, 5.41) is 9.66. The van der Waals surface area contributed by atoms with Gasteiger partial charge in [-0.15, -0.1) is 0 Å². The van der Waals surface area contributed by atoms with E-state index in [0.717, 1.165) is 10.5 Å². The Hall–Kier alpha value is -3.17. The minimum absolute atomic E-state index is 0.182. The molecule has 4 amide bonds. The summed E-state index contributed by atoms with van der Waals surface area (Å²) in [6, 6.07) is 1.63. The molecule has 2 aliphatic rings. The summed E-state index contributed by atoms with van der Waals surface area (Å²) in [7, 11) is 0. The third kappa shape index (κ3) is 5.26. The summed E-state index contributed by atoms with van der Waals surface area (Å²) in [4.78, 5) is 57.8. The van der Waals surface area contributed by atoms with Gasteiger partial charge >= 0.3 is 18.1 Å². The lowest BCUT2D eigenvalue weighted by Crippen LogP contribution is -2.70. The molecular formula is C23H32N4O6. The number of pyridine rings is 1. The number of nitrogens with zero attached hydrogens (tertiary/aromatic N) is 4. The summed E-state index contributed by atoms with van der Waals surface area (Å²) in [5.74, 6) is -2.16. The number of carbonyl (C=O) groups excluding carboxylic acids is 3. The molecular weight excluding hydrogens is 428 g/mol. The number of aliphatic carboxylic acids is 1. The zero-order chi connectivity index (χ0) is 24.3. The number of carbonyl (C=O) groups is 4. The minimum Gasteiger partial charge on any atom is -0.480 e. The molecule has 10 nitrogen and oxygen atoms in total. The third-order valence-electron chi connectivity index (χ3n) is 6.21. The Bertz CT molecular complexity index is 874. The third-order valence-corrected chi connectivity index (χ3v) is 6.21. The average Bonchev–Trinajstić information content (AvgIpc) is 2.78. The molecule has 2 atom stereocenters. The zero-order valence-electron chi connectivity index (χ0n) is 19.5. The Morgan fingerprint density at radius 3 is 2.21 bits per heavy atom. The van der Waals surface area contributed by atoms with Crippen LogP contribution in [0.25, 0.3) is 0 Å². The lowest BCUT2D eigenvalue weighted by atomic mass is 9.83. The Kier molecular flexibility index (Phi) is 7.55. The smallest absolute Gasteiger partial charge is 0.410 e. The molecule has 3 heterocycles. The average molecular weight is 461 g/mol. The number of amides is 4. The molecule has 0 aliphatic carbocycles. The number of urea groups is 1. The number of aromatic nitrogens is 1. The van der Waals surface area contributed by atoms with E-state index in [1.165, 1.54) is 4.90 Å². The highest BCUT2D eigenvalue weighted by atomic mass is 16.6. The monoisotopic (exact) mass is 460 g/mol. The number of imide groups is 1. The highest BCUT2D eigenvalue weighted by Gasteiger charge is 2.55. The summed E-state index contributed by atoms with van der Waals surface area (Å²) < 4.78 is 5.66. The zero-order valence-corrected chi connectivity index (χ0v) is 19.5. The van der Waals surface area contributed by atoms with Crippen molar-refractivity contribution in [1.82, 2.24) is 19.7 Å². The second-order valence-corrected chi connectivity index (χ2v) is 9.26. The van der Waals surface area contributed by atoms with E-state index in [1.807, 2.05) is 27.7 Å². The number of likely N-dealkylation sites (tertiary alicyclic amines) is 1. The molecule has 0 unspecified atom stereocenters. The van der Waals surface area contributed by atoms with E-state index in [-0.39, 0.29) is 50.5 Å². The largest absolute Gasteiger partial charge is 0.480 e. The molecule has 1 aromatic heterocycles. The summed E-state index contributed by atoms with van der Waals surface area (Å²) in [6.45, 7) is 8.91. The van der Waals surface area contributed by atoms with E-state index in [4.69, 9.17) is 4.74 Å². The molecule has 2 saturated heterocycles. The molecule has 2 aliphatic heterocycles. The van der Waals surface area contributed by atoms with E-state index in [2.05, 4.69) is 4.98 Å². The molecule has 1 N–H and O–H groups in total. The van der Waals surface area contributed by atoms with E-state index >= 15 is 0 Å². The minimum atomic E-state index is -1.22. The van der Waals surface area contributed by atoms with Gasteiger partial charge in [0, 0.05) is 38.6 Å². The van der Waals surface area contributed by atoms with Crippen molar-refractivity contribution >= 4 is 24.0 Å². The van der Waals surface area contributed by atoms with Crippen LogP contribution in [0.4, 0.5) is 9.59 Å². The van der Waals surface area contributed by atoms with Crippen LogP contribution in [0.3, 0.4) is 0 Å². The van der Waals surface area contributed by atoms with Crippen molar-refractivity contribution in [3.8, 4) is 0 Å². The first-order valence-corrected chi connectivity index (χ1v) is 11.3. The number of piperazine rings is 1. The summed E-state index contributed by atoms with van der Waals surface area (Å²) in [5.41, 5.74) is 0.738. The van der Waals surface area contributed by atoms with Gasteiger partial charge < -0.3 is 19.6 Å². The van der Waals surface area contributed by atoms with Gasteiger partial charge in [0.1, 0.15) is 6.10 Å². The number of ether oxygens (including phenoxy) is 1. The second kappa shape index (κ2) is 10.2. The molecule has 0 radical (unpaired) electrons. The second-order valence-electron chi connectivity index (χ2n) is 9.26. The molecule has 180 valence electrons. The van der Waals surface area contributed by atoms with E-state index in [9.17, 15) is 24.3 Å². The van der Waals surface area contributed by atoms with Crippen LogP contribution in [-0.2, 0) is 20.7 Å². The van der Waals surface area contributed by atoms with Crippen molar-refractivity contribution < 1.29 is 29.0 Å². The van der Waals surface area contributed by atoms with Crippen molar-refractivity contribution in [1.29, 1.82) is 0 Å². The maximum absolute atomic E-state index is 13.0. The molecule has 0 saturated carbocycles. The number of carboxylic acids is 1. The highest BCUT2D eigenvalue weighted by Crippen LogP contribution is 2.31. The van der Waals surface area contributed by atoms with Crippen LogP contribution in [0, 0.1) is 17.8 Å². The Morgan fingerprint density at radius 2 is 1.70 bits per heavy atom. The quantitative estimate of drug-likeness (QED) is 0.645. The predicted octanol–water partition coefficient (Wildman–Crippen LogP) is 2.09. The molecule has 1 aromatic rings. The lowest BCUT2D eigenvalue weighted by molar-refractivity contribution is -0.166. The van der Waals surface area contributed by atoms with Gasteiger partial charge in [0.2, 0.25) is 5.91 Å². The van der Waals surface area contributed by atoms with Gasteiger partial charge in [-0.1, -0.05) is 33.8 Å². The number of β-lactam (4-membered cyclic amide) rings is 1. The summed E-state index contributed by atoms with van der Waals surface area (Å²) >= 11 is 0. The maximum Gasteiger partial charge on any atom is 0.410 e. The number of carboxylic acid groups (broad SMARTS) is 1. The van der Waals surface area contributed by atoms with Gasteiger partial charge in [-0.05, 0) is 29.9 Å². The fourth-order valence-electron chi connectivity index (χ4n) is 4.48. The van der Waals surface area contributed by atoms with Gasteiger partial charge in [-0.3, -0.25) is 9.78 Å². The molecule has 10 heteroatoms. The Balaban J connectivity index is 1.58. The lowest BCUT2D eigenvalue weighted by Gasteiger charge is -2.46. The number of hydrogen-bond acceptors (Lipinski definition) is 6. The van der Waals surface area contributed by atoms with Crippen LogP contribution in [-0.4, -0.2) is 87.1 Å². The summed E-state index contributed by atoms with van der Waals surface area (Å²) in [6.07, 6.45) is 2.76. The molecule has 0 bridgehead atoms. The van der Waals surface area contributed by atoms with Crippen molar-refractivity contribution in [3.63, 3.8) is 0 Å². The highest BCUT2D eigenvalue weighted by molar-refractivity contribution is 6.07. The van der Waals surface area contributed by atoms with E-state index in [1.54, 1.807) is 29.4 Å². The fourth-order valence-corrected chi connectivity index (χ4v) is 4.48. The van der Waals surface area contributed by atoms with Crippen LogP contribution in [0.15, 0.2) is 24.5 Å². The first kappa shape index (κ1) is 24.5. The molecule has 0 spiro atoms.